The fourth-order valence-electron chi connectivity index (χ4n) is 1.61. The van der Waals surface area contributed by atoms with Crippen LogP contribution in [0.25, 0.3) is 0 Å². The van der Waals surface area contributed by atoms with E-state index in [0.29, 0.717) is 5.82 Å². The Bertz CT molecular complexity index is 280. The molecule has 0 amide bonds. The van der Waals surface area contributed by atoms with Crippen LogP contribution in [0.15, 0.2) is 18.3 Å². The minimum absolute atomic E-state index is 0.297. The molecule has 1 aliphatic heterocycles. The number of halogens is 1. The van der Waals surface area contributed by atoms with E-state index in [1.807, 2.05) is 0 Å². The molecule has 0 radical (unpaired) electrons. The van der Waals surface area contributed by atoms with Gasteiger partial charge in [0, 0.05) is 13.1 Å². The lowest BCUT2D eigenvalue weighted by atomic mass is 10.2. The molecule has 1 aromatic rings. The van der Waals surface area contributed by atoms with Crippen LogP contribution in [0, 0.1) is 5.82 Å². The number of nitrogens with zero attached hydrogens (tertiary/aromatic N) is 2. The van der Waals surface area contributed by atoms with Gasteiger partial charge >= 0.3 is 0 Å². The molecule has 0 atom stereocenters. The topological polar surface area (TPSA) is 28.2 Å². The molecular weight excluding hydrogens is 181 g/mol. The SMILES string of the molecule is Fc1ccc(NN2CCCCC2)nc1. The maximum Gasteiger partial charge on any atom is 0.141 e. The molecule has 1 aliphatic rings. The van der Waals surface area contributed by atoms with Crippen LogP contribution in [0.4, 0.5) is 10.2 Å². The Labute approximate surface area is 82.9 Å². The van der Waals surface area contributed by atoms with Gasteiger partial charge in [0.1, 0.15) is 11.6 Å². The quantitative estimate of drug-likeness (QED) is 0.782. The van der Waals surface area contributed by atoms with E-state index in [1.54, 1.807) is 6.07 Å². The first-order chi connectivity index (χ1) is 6.84. The van der Waals surface area contributed by atoms with E-state index in [9.17, 15) is 4.39 Å². The molecule has 0 aliphatic carbocycles. The smallest absolute Gasteiger partial charge is 0.141 e. The van der Waals surface area contributed by atoms with E-state index in [2.05, 4.69) is 15.4 Å². The third-order valence-corrected chi connectivity index (χ3v) is 2.36. The second kappa shape index (κ2) is 4.37. The fraction of sp³-hybridized carbons (Fsp3) is 0.500. The van der Waals surface area contributed by atoms with Crippen LogP contribution in [0.2, 0.25) is 0 Å². The highest BCUT2D eigenvalue weighted by molar-refractivity contribution is 5.32. The van der Waals surface area contributed by atoms with Gasteiger partial charge in [-0.15, -0.1) is 0 Å². The van der Waals surface area contributed by atoms with Crippen molar-refractivity contribution in [2.24, 2.45) is 0 Å². The van der Waals surface area contributed by atoms with Crippen LogP contribution >= 0.6 is 0 Å². The van der Waals surface area contributed by atoms with Crippen LogP contribution in [0.5, 0.6) is 0 Å². The van der Waals surface area contributed by atoms with Crippen molar-refractivity contribution in [3.63, 3.8) is 0 Å². The Kier molecular flexibility index (Phi) is 2.93. The predicted molar refractivity (Wildman–Crippen MR) is 53.2 cm³/mol. The van der Waals surface area contributed by atoms with Crippen molar-refractivity contribution < 1.29 is 4.39 Å². The lowest BCUT2D eigenvalue weighted by molar-refractivity contribution is 0.272. The lowest BCUT2D eigenvalue weighted by Crippen LogP contribution is -2.35. The molecule has 0 bridgehead atoms. The summed E-state index contributed by atoms with van der Waals surface area (Å²) in [5.41, 5.74) is 3.16. The molecule has 1 N–H and O–H groups in total. The van der Waals surface area contributed by atoms with Crippen molar-refractivity contribution in [1.82, 2.24) is 9.99 Å². The summed E-state index contributed by atoms with van der Waals surface area (Å²) in [4.78, 5) is 3.94. The van der Waals surface area contributed by atoms with Gasteiger partial charge in [-0.3, -0.25) is 0 Å². The molecule has 1 aromatic heterocycles. The Balaban J connectivity index is 1.92. The molecule has 0 aromatic carbocycles. The van der Waals surface area contributed by atoms with Gasteiger partial charge in [-0.05, 0) is 25.0 Å². The molecule has 0 spiro atoms. The number of nitrogens with one attached hydrogen (secondary N) is 1. The van der Waals surface area contributed by atoms with Gasteiger partial charge in [0.05, 0.1) is 6.20 Å². The van der Waals surface area contributed by atoms with E-state index in [-0.39, 0.29) is 5.82 Å². The molecule has 2 rings (SSSR count). The summed E-state index contributed by atoms with van der Waals surface area (Å²) in [6.07, 6.45) is 4.96. The van der Waals surface area contributed by atoms with Crippen LogP contribution in [-0.2, 0) is 0 Å². The lowest BCUT2D eigenvalue weighted by Gasteiger charge is -2.27. The second-order valence-electron chi connectivity index (χ2n) is 3.52. The summed E-state index contributed by atoms with van der Waals surface area (Å²) in [6, 6.07) is 3.07. The third-order valence-electron chi connectivity index (χ3n) is 2.36. The molecule has 2 heterocycles. The summed E-state index contributed by atoms with van der Waals surface area (Å²) in [6.45, 7) is 2.08. The number of hydrogen-bond donors (Lipinski definition) is 1. The number of hydrogen-bond acceptors (Lipinski definition) is 3. The third kappa shape index (κ3) is 2.42. The molecule has 76 valence electrons. The molecule has 1 saturated heterocycles. The fourth-order valence-corrected chi connectivity index (χ4v) is 1.61. The highest BCUT2D eigenvalue weighted by Gasteiger charge is 2.09. The van der Waals surface area contributed by atoms with Gasteiger partial charge in [0.15, 0.2) is 0 Å². The maximum absolute atomic E-state index is 12.6. The van der Waals surface area contributed by atoms with Gasteiger partial charge in [0.2, 0.25) is 0 Å². The number of piperidine rings is 1. The zero-order valence-electron chi connectivity index (χ0n) is 8.04. The van der Waals surface area contributed by atoms with Crippen LogP contribution in [0.1, 0.15) is 19.3 Å². The first-order valence-corrected chi connectivity index (χ1v) is 4.98. The van der Waals surface area contributed by atoms with Gasteiger partial charge in [-0.2, -0.15) is 0 Å². The second-order valence-corrected chi connectivity index (χ2v) is 3.52. The zero-order valence-corrected chi connectivity index (χ0v) is 8.04. The zero-order chi connectivity index (χ0) is 9.80. The van der Waals surface area contributed by atoms with Crippen LogP contribution in [-0.4, -0.2) is 23.1 Å². The Morgan fingerprint density at radius 3 is 2.64 bits per heavy atom. The summed E-state index contributed by atoms with van der Waals surface area (Å²) in [7, 11) is 0. The monoisotopic (exact) mass is 195 g/mol. The summed E-state index contributed by atoms with van der Waals surface area (Å²) in [5.74, 6) is 0.419. The van der Waals surface area contributed by atoms with Crippen molar-refractivity contribution >= 4 is 5.82 Å². The first kappa shape index (κ1) is 9.40. The van der Waals surface area contributed by atoms with Gasteiger partial charge in [-0.25, -0.2) is 14.4 Å². The van der Waals surface area contributed by atoms with E-state index in [0.717, 1.165) is 13.1 Å². The molecule has 0 unspecified atom stereocenters. The summed E-state index contributed by atoms with van der Waals surface area (Å²) >= 11 is 0. The van der Waals surface area contributed by atoms with Crippen molar-refractivity contribution in [1.29, 1.82) is 0 Å². The highest BCUT2D eigenvalue weighted by atomic mass is 19.1. The Morgan fingerprint density at radius 1 is 1.21 bits per heavy atom. The summed E-state index contributed by atoms with van der Waals surface area (Å²) < 4.78 is 12.6. The minimum atomic E-state index is -0.297. The van der Waals surface area contributed by atoms with E-state index in [4.69, 9.17) is 0 Å². The molecule has 1 fully saturated rings. The largest absolute Gasteiger partial charge is 0.303 e. The van der Waals surface area contributed by atoms with Crippen molar-refractivity contribution in [3.8, 4) is 0 Å². The highest BCUT2D eigenvalue weighted by Crippen LogP contribution is 2.11. The van der Waals surface area contributed by atoms with Crippen LogP contribution < -0.4 is 5.43 Å². The number of anilines is 1. The van der Waals surface area contributed by atoms with Crippen LogP contribution in [0.3, 0.4) is 0 Å². The van der Waals surface area contributed by atoms with Crippen molar-refractivity contribution in [2.75, 3.05) is 18.5 Å². The standard InChI is InChI=1S/C10H14FN3/c11-9-4-5-10(12-8-9)13-14-6-2-1-3-7-14/h4-5,8H,1-3,6-7H2,(H,12,13). The molecular formula is C10H14FN3. The average Bonchev–Trinajstić information content (AvgIpc) is 2.23. The van der Waals surface area contributed by atoms with E-state index < -0.39 is 0 Å². The molecule has 3 nitrogen and oxygen atoms in total. The Hall–Kier alpha value is -1.16. The first-order valence-electron chi connectivity index (χ1n) is 4.98. The molecule has 4 heteroatoms. The van der Waals surface area contributed by atoms with E-state index >= 15 is 0 Å². The maximum atomic E-state index is 12.6. The number of aromatic nitrogens is 1. The van der Waals surface area contributed by atoms with Gasteiger partial charge in [0.25, 0.3) is 0 Å². The summed E-state index contributed by atoms with van der Waals surface area (Å²) in [5, 5.41) is 2.13. The van der Waals surface area contributed by atoms with Crippen molar-refractivity contribution in [3.05, 3.63) is 24.1 Å². The molecule has 14 heavy (non-hydrogen) atoms. The van der Waals surface area contributed by atoms with Gasteiger partial charge < -0.3 is 5.43 Å². The number of pyridine rings is 1. The normalized spacial score (nSPS) is 18.1. The minimum Gasteiger partial charge on any atom is -0.303 e. The predicted octanol–water partition coefficient (Wildman–Crippen LogP) is 2.03. The number of rotatable bonds is 2. The van der Waals surface area contributed by atoms with Crippen molar-refractivity contribution in [2.45, 2.75) is 19.3 Å². The molecule has 0 saturated carbocycles. The van der Waals surface area contributed by atoms with Gasteiger partial charge in [-0.1, -0.05) is 6.42 Å². The Morgan fingerprint density at radius 2 is 2.00 bits per heavy atom. The number of hydrazine groups is 1. The average molecular weight is 195 g/mol. The van der Waals surface area contributed by atoms with E-state index in [1.165, 1.54) is 31.5 Å².